The fraction of sp³-hybridized carbons (Fsp3) is 0.385. The molecule has 4 N–H and O–H groups in total. The number of aliphatic hydroxyl groups is 1. The number of rotatable bonds is 6. The number of aliphatic imine (C=N–C) groups is 1. The fourth-order valence-electron chi connectivity index (χ4n) is 4.84. The number of carbonyl (C=O) groups is 3. The Bertz CT molecular complexity index is 1260. The molecule has 0 unspecified atom stereocenters. The standard InChI is InChI=1S/C26H29N5O6/c1-36-19-7-8-30(14-19)25(34)15-3-2-4-18(12-15)31-9-10-37-22(26(31)35)21(32)24(33)29-17-5-6-20-16(11-17)13-28-23(20)27/h2-6,11-12,19,21-22,32H,7-10,13-14H2,1H3,(H2,27,28)(H,29,33)/t19-,21+,22+/m0/s1. The summed E-state index contributed by atoms with van der Waals surface area (Å²) in [7, 11) is 1.63. The lowest BCUT2D eigenvalue weighted by Gasteiger charge is -2.34. The first-order valence-electron chi connectivity index (χ1n) is 12.1. The molecule has 0 radical (unpaired) electrons. The number of hydrogen-bond acceptors (Lipinski definition) is 8. The van der Waals surface area contributed by atoms with Crippen LogP contribution in [0.25, 0.3) is 0 Å². The van der Waals surface area contributed by atoms with E-state index in [1.54, 1.807) is 54.5 Å². The van der Waals surface area contributed by atoms with Crippen LogP contribution in [0.2, 0.25) is 0 Å². The van der Waals surface area contributed by atoms with E-state index in [4.69, 9.17) is 15.2 Å². The highest BCUT2D eigenvalue weighted by molar-refractivity contribution is 6.05. The van der Waals surface area contributed by atoms with Gasteiger partial charge in [-0.25, -0.2) is 0 Å². The predicted molar refractivity (Wildman–Crippen MR) is 135 cm³/mol. The van der Waals surface area contributed by atoms with Gasteiger partial charge in [-0.2, -0.15) is 0 Å². The van der Waals surface area contributed by atoms with Crippen LogP contribution in [0.3, 0.4) is 0 Å². The summed E-state index contributed by atoms with van der Waals surface area (Å²) in [4.78, 5) is 46.3. The zero-order valence-corrected chi connectivity index (χ0v) is 20.4. The highest BCUT2D eigenvalue weighted by Crippen LogP contribution is 2.25. The van der Waals surface area contributed by atoms with Gasteiger partial charge in [-0.3, -0.25) is 19.4 Å². The molecule has 0 bridgehead atoms. The lowest BCUT2D eigenvalue weighted by molar-refractivity contribution is -0.150. The Balaban J connectivity index is 1.26. The number of ether oxygens (including phenoxy) is 2. The zero-order valence-electron chi connectivity index (χ0n) is 20.4. The van der Waals surface area contributed by atoms with Crippen LogP contribution in [-0.2, 0) is 25.6 Å². The normalized spacial score (nSPS) is 22.0. The Labute approximate surface area is 213 Å². The summed E-state index contributed by atoms with van der Waals surface area (Å²) in [5.74, 6) is -1.02. The maximum Gasteiger partial charge on any atom is 0.259 e. The van der Waals surface area contributed by atoms with Gasteiger partial charge >= 0.3 is 0 Å². The molecule has 37 heavy (non-hydrogen) atoms. The van der Waals surface area contributed by atoms with Crippen LogP contribution >= 0.6 is 0 Å². The summed E-state index contributed by atoms with van der Waals surface area (Å²) < 4.78 is 10.9. The van der Waals surface area contributed by atoms with Gasteiger partial charge in [-0.1, -0.05) is 6.07 Å². The minimum absolute atomic E-state index is 0.0182. The molecule has 194 valence electrons. The first-order chi connectivity index (χ1) is 17.9. The van der Waals surface area contributed by atoms with Gasteiger partial charge in [0.1, 0.15) is 5.84 Å². The van der Waals surface area contributed by atoms with Crippen LogP contribution in [0.1, 0.15) is 27.9 Å². The van der Waals surface area contributed by atoms with E-state index in [2.05, 4.69) is 10.3 Å². The van der Waals surface area contributed by atoms with Crippen molar-refractivity contribution in [1.29, 1.82) is 0 Å². The fourth-order valence-corrected chi connectivity index (χ4v) is 4.84. The molecule has 3 heterocycles. The SMILES string of the molecule is CO[C@H]1CCN(C(=O)c2cccc(N3CCO[C@H]([C@@H](O)C(=O)Nc4ccc5c(c4)CN=C5N)C3=O)c2)C1. The Morgan fingerprint density at radius 3 is 2.86 bits per heavy atom. The van der Waals surface area contributed by atoms with Crippen molar-refractivity contribution in [1.82, 2.24) is 4.90 Å². The summed E-state index contributed by atoms with van der Waals surface area (Å²) in [6, 6.07) is 11.9. The van der Waals surface area contributed by atoms with Gasteiger partial charge < -0.3 is 35.4 Å². The number of amides is 3. The second-order valence-electron chi connectivity index (χ2n) is 9.24. The van der Waals surface area contributed by atoms with Gasteiger partial charge in [0.05, 0.1) is 19.3 Å². The topological polar surface area (TPSA) is 147 Å². The average Bonchev–Trinajstić information content (AvgIpc) is 3.54. The molecule has 5 rings (SSSR count). The summed E-state index contributed by atoms with van der Waals surface area (Å²) in [5.41, 5.74) is 8.90. The maximum absolute atomic E-state index is 13.3. The lowest BCUT2D eigenvalue weighted by atomic mass is 10.1. The minimum atomic E-state index is -1.73. The number of benzene rings is 2. The van der Waals surface area contributed by atoms with E-state index in [0.717, 1.165) is 17.5 Å². The van der Waals surface area contributed by atoms with E-state index < -0.39 is 24.0 Å². The van der Waals surface area contributed by atoms with Crippen molar-refractivity contribution in [2.24, 2.45) is 10.7 Å². The van der Waals surface area contributed by atoms with E-state index in [1.165, 1.54) is 4.90 Å². The molecule has 3 aliphatic rings. The molecule has 0 spiro atoms. The van der Waals surface area contributed by atoms with Crippen molar-refractivity contribution in [3.05, 3.63) is 59.2 Å². The third-order valence-electron chi connectivity index (χ3n) is 6.92. The van der Waals surface area contributed by atoms with E-state index in [0.29, 0.717) is 42.4 Å². The van der Waals surface area contributed by atoms with Gasteiger partial charge in [0.25, 0.3) is 17.7 Å². The third kappa shape index (κ3) is 4.93. The van der Waals surface area contributed by atoms with Gasteiger partial charge in [-0.05, 0) is 48.4 Å². The van der Waals surface area contributed by atoms with Crippen LogP contribution < -0.4 is 16.0 Å². The number of nitrogens with zero attached hydrogens (tertiary/aromatic N) is 3. The van der Waals surface area contributed by atoms with Gasteiger partial charge in [0, 0.05) is 49.2 Å². The molecule has 3 amide bonds. The summed E-state index contributed by atoms with van der Waals surface area (Å²) in [6.45, 7) is 1.88. The molecule has 3 aliphatic heterocycles. The smallest absolute Gasteiger partial charge is 0.259 e. The molecule has 11 heteroatoms. The number of hydrogen-bond donors (Lipinski definition) is 3. The third-order valence-corrected chi connectivity index (χ3v) is 6.92. The van der Waals surface area contributed by atoms with Gasteiger partial charge in [-0.15, -0.1) is 0 Å². The molecular weight excluding hydrogens is 478 g/mol. The second-order valence-corrected chi connectivity index (χ2v) is 9.24. The van der Waals surface area contributed by atoms with E-state index in [1.807, 2.05) is 0 Å². The van der Waals surface area contributed by atoms with E-state index in [9.17, 15) is 19.5 Å². The Hall–Kier alpha value is -3.80. The highest BCUT2D eigenvalue weighted by atomic mass is 16.5. The summed E-state index contributed by atoms with van der Waals surface area (Å²) >= 11 is 0. The molecule has 0 aliphatic carbocycles. The van der Waals surface area contributed by atoms with Gasteiger partial charge in [0.15, 0.2) is 12.2 Å². The van der Waals surface area contributed by atoms with Crippen molar-refractivity contribution in [2.75, 3.05) is 43.6 Å². The van der Waals surface area contributed by atoms with Crippen LogP contribution in [0.15, 0.2) is 47.5 Å². The van der Waals surface area contributed by atoms with Crippen LogP contribution in [0, 0.1) is 0 Å². The summed E-state index contributed by atoms with van der Waals surface area (Å²) in [5, 5.41) is 13.3. The summed E-state index contributed by atoms with van der Waals surface area (Å²) in [6.07, 6.45) is -2.32. The molecule has 2 saturated heterocycles. The van der Waals surface area contributed by atoms with E-state index in [-0.39, 0.29) is 25.2 Å². The quantitative estimate of drug-likeness (QED) is 0.516. The number of morpholine rings is 1. The van der Waals surface area contributed by atoms with Crippen molar-refractivity contribution in [3.63, 3.8) is 0 Å². The Kier molecular flexibility index (Phi) is 6.92. The number of nitrogens with two attached hydrogens (primary N) is 1. The first kappa shape index (κ1) is 24.9. The van der Waals surface area contributed by atoms with Crippen LogP contribution in [-0.4, -0.2) is 85.2 Å². The van der Waals surface area contributed by atoms with Crippen molar-refractivity contribution < 1.29 is 29.0 Å². The number of amidine groups is 1. The maximum atomic E-state index is 13.3. The van der Waals surface area contributed by atoms with Crippen molar-refractivity contribution in [3.8, 4) is 0 Å². The average molecular weight is 508 g/mol. The van der Waals surface area contributed by atoms with E-state index >= 15 is 0 Å². The molecule has 2 aromatic carbocycles. The first-order valence-corrected chi connectivity index (χ1v) is 12.1. The number of aliphatic hydroxyl groups excluding tert-OH is 1. The Morgan fingerprint density at radius 2 is 2.08 bits per heavy atom. The Morgan fingerprint density at radius 1 is 1.24 bits per heavy atom. The number of anilines is 2. The predicted octanol–water partition coefficient (Wildman–Crippen LogP) is 0.498. The van der Waals surface area contributed by atoms with Crippen molar-refractivity contribution in [2.45, 2.75) is 31.3 Å². The molecule has 3 atom stereocenters. The molecule has 11 nitrogen and oxygen atoms in total. The minimum Gasteiger partial charge on any atom is -0.383 e. The molecular formula is C26H29N5O6. The number of fused-ring (bicyclic) bond motifs is 1. The monoisotopic (exact) mass is 507 g/mol. The van der Waals surface area contributed by atoms with Crippen molar-refractivity contribution >= 4 is 34.9 Å². The molecule has 2 fully saturated rings. The second kappa shape index (κ2) is 10.3. The number of carbonyl (C=O) groups excluding carboxylic acids is 3. The number of nitrogens with one attached hydrogen (secondary N) is 1. The number of methoxy groups -OCH3 is 1. The number of likely N-dealkylation sites (tertiary alicyclic amines) is 1. The largest absolute Gasteiger partial charge is 0.383 e. The lowest BCUT2D eigenvalue weighted by Crippen LogP contribution is -2.55. The van der Waals surface area contributed by atoms with Gasteiger partial charge in [0.2, 0.25) is 0 Å². The molecule has 2 aromatic rings. The van der Waals surface area contributed by atoms with Crippen LogP contribution in [0.5, 0.6) is 0 Å². The molecule has 0 saturated carbocycles. The highest BCUT2D eigenvalue weighted by Gasteiger charge is 2.39. The van der Waals surface area contributed by atoms with Crippen LogP contribution in [0.4, 0.5) is 11.4 Å². The molecule has 0 aromatic heterocycles. The zero-order chi connectivity index (χ0) is 26.1.